The molecule has 32 heavy (non-hydrogen) atoms. The molecule has 1 N–H and O–H groups in total. The van der Waals surface area contributed by atoms with Gasteiger partial charge in [0.25, 0.3) is 0 Å². The van der Waals surface area contributed by atoms with Crippen LogP contribution in [0.15, 0.2) is 63.8 Å². The van der Waals surface area contributed by atoms with Crippen LogP contribution in [0.2, 0.25) is 0 Å². The zero-order valence-electron chi connectivity index (χ0n) is 18.3. The molecule has 4 rings (SSSR count). The zero-order chi connectivity index (χ0) is 21.8. The molecule has 2 heterocycles. The van der Waals surface area contributed by atoms with Crippen molar-refractivity contribution in [1.29, 1.82) is 0 Å². The number of piperidine rings is 1. The Hall–Kier alpha value is -2.63. The molecular weight excluding hydrogens is 426 g/mol. The molecule has 1 unspecified atom stereocenters. The minimum Gasteiger partial charge on any atom is -0.507 e. The fraction of sp³-hybridized carbons (Fsp3) is 0.385. The number of halogens is 1. The number of hydrogen-bond acceptors (Lipinski definition) is 5. The number of hydrogen-bond donors (Lipinski definition) is 1. The van der Waals surface area contributed by atoms with Crippen molar-refractivity contribution in [2.75, 3.05) is 19.6 Å². The summed E-state index contributed by atoms with van der Waals surface area (Å²) >= 11 is 0. The fourth-order valence-corrected chi connectivity index (χ4v) is 4.43. The summed E-state index contributed by atoms with van der Waals surface area (Å²) in [5.41, 5.74) is 0.722. The maximum absolute atomic E-state index is 13.0. The van der Waals surface area contributed by atoms with E-state index in [1.807, 2.05) is 30.3 Å². The van der Waals surface area contributed by atoms with Gasteiger partial charge in [-0.3, -0.25) is 4.79 Å². The average molecular weight is 456 g/mol. The van der Waals surface area contributed by atoms with Gasteiger partial charge in [-0.1, -0.05) is 49.4 Å². The van der Waals surface area contributed by atoms with Gasteiger partial charge in [0.15, 0.2) is 0 Å². The topological polar surface area (TPSA) is 70.8 Å². The molecule has 5 nitrogen and oxygen atoms in total. The highest BCUT2D eigenvalue weighted by molar-refractivity contribution is 5.86. The van der Waals surface area contributed by atoms with Crippen LogP contribution < -0.4 is 5.63 Å². The number of benzene rings is 2. The maximum Gasteiger partial charge on any atom is 0.343 e. The Morgan fingerprint density at radius 1 is 1.09 bits per heavy atom. The molecule has 0 saturated carbocycles. The highest BCUT2D eigenvalue weighted by Crippen LogP contribution is 2.36. The highest BCUT2D eigenvalue weighted by atomic mass is 35.5. The van der Waals surface area contributed by atoms with Gasteiger partial charge in [-0.25, -0.2) is 4.79 Å². The molecule has 0 bridgehead atoms. The summed E-state index contributed by atoms with van der Waals surface area (Å²) in [4.78, 5) is 28.1. The molecule has 1 aromatic heterocycles. The van der Waals surface area contributed by atoms with E-state index in [9.17, 15) is 14.7 Å². The first-order valence-corrected chi connectivity index (χ1v) is 11.1. The van der Waals surface area contributed by atoms with Crippen LogP contribution in [0.1, 0.15) is 49.7 Å². The summed E-state index contributed by atoms with van der Waals surface area (Å²) in [6.07, 6.45) is 2.95. The third-order valence-electron chi connectivity index (χ3n) is 6.39. The quantitative estimate of drug-likeness (QED) is 0.500. The summed E-state index contributed by atoms with van der Waals surface area (Å²) in [6.45, 7) is 5.08. The minimum atomic E-state index is -0.595. The summed E-state index contributed by atoms with van der Waals surface area (Å²) in [7, 11) is 0. The molecular formula is C26H30ClNO4. The Morgan fingerprint density at radius 3 is 2.47 bits per heavy atom. The van der Waals surface area contributed by atoms with Crippen molar-refractivity contribution in [3.05, 3.63) is 76.1 Å². The fourth-order valence-electron chi connectivity index (χ4n) is 4.43. The van der Waals surface area contributed by atoms with Gasteiger partial charge in [0.05, 0.1) is 10.9 Å². The SMILES string of the molecule is CC1CCN(CCC(=O)CC(c2ccccc2)c2c(O)c3ccccc3oc2=O)CC1.Cl. The lowest BCUT2D eigenvalue weighted by molar-refractivity contribution is -0.119. The number of carbonyl (C=O) groups is 1. The van der Waals surface area contributed by atoms with Crippen molar-refractivity contribution in [3.8, 4) is 5.75 Å². The second-order valence-electron chi connectivity index (χ2n) is 8.63. The second-order valence-corrected chi connectivity index (χ2v) is 8.63. The number of aromatic hydroxyl groups is 1. The van der Waals surface area contributed by atoms with E-state index in [-0.39, 0.29) is 35.9 Å². The van der Waals surface area contributed by atoms with E-state index in [0.717, 1.165) is 31.1 Å². The van der Waals surface area contributed by atoms with Crippen molar-refractivity contribution < 1.29 is 14.3 Å². The van der Waals surface area contributed by atoms with Crippen LogP contribution >= 0.6 is 12.4 Å². The molecule has 0 amide bonds. The number of rotatable bonds is 7. The summed E-state index contributed by atoms with van der Waals surface area (Å²) in [6, 6.07) is 16.3. The maximum atomic E-state index is 13.0. The van der Waals surface area contributed by atoms with Crippen molar-refractivity contribution in [2.45, 2.75) is 38.5 Å². The Bertz CT molecular complexity index is 1100. The van der Waals surface area contributed by atoms with Crippen molar-refractivity contribution in [1.82, 2.24) is 4.90 Å². The number of fused-ring (bicyclic) bond motifs is 1. The lowest BCUT2D eigenvalue weighted by Crippen LogP contribution is -2.34. The van der Waals surface area contributed by atoms with Gasteiger partial charge >= 0.3 is 5.63 Å². The molecule has 1 saturated heterocycles. The number of ketones is 1. The van der Waals surface area contributed by atoms with Gasteiger partial charge in [0, 0.05) is 25.3 Å². The van der Waals surface area contributed by atoms with Crippen LogP contribution in [0, 0.1) is 5.92 Å². The van der Waals surface area contributed by atoms with E-state index in [1.54, 1.807) is 24.3 Å². The average Bonchev–Trinajstić information content (AvgIpc) is 2.78. The predicted molar refractivity (Wildman–Crippen MR) is 129 cm³/mol. The van der Waals surface area contributed by atoms with Crippen molar-refractivity contribution in [3.63, 3.8) is 0 Å². The van der Waals surface area contributed by atoms with Gasteiger partial charge in [-0.05, 0) is 49.5 Å². The summed E-state index contributed by atoms with van der Waals surface area (Å²) in [5, 5.41) is 11.4. The minimum absolute atomic E-state index is 0. The van der Waals surface area contributed by atoms with Crippen LogP contribution in [0.4, 0.5) is 0 Å². The molecule has 0 aliphatic carbocycles. The van der Waals surface area contributed by atoms with E-state index >= 15 is 0 Å². The Morgan fingerprint density at radius 2 is 1.75 bits per heavy atom. The first-order valence-electron chi connectivity index (χ1n) is 11.1. The molecule has 2 aromatic carbocycles. The second kappa shape index (κ2) is 10.8. The normalized spacial score (nSPS) is 15.9. The Kier molecular flexibility index (Phi) is 8.10. The molecule has 0 radical (unpaired) electrons. The molecule has 1 fully saturated rings. The Balaban J connectivity index is 0.00000289. The molecule has 0 spiro atoms. The van der Waals surface area contributed by atoms with Crippen LogP contribution in [-0.2, 0) is 4.79 Å². The van der Waals surface area contributed by atoms with E-state index in [1.165, 1.54) is 12.8 Å². The van der Waals surface area contributed by atoms with E-state index < -0.39 is 11.5 Å². The molecule has 170 valence electrons. The van der Waals surface area contributed by atoms with E-state index in [0.29, 0.717) is 17.4 Å². The molecule has 1 atom stereocenters. The van der Waals surface area contributed by atoms with Gasteiger partial charge in [-0.2, -0.15) is 0 Å². The highest BCUT2D eigenvalue weighted by Gasteiger charge is 2.27. The zero-order valence-corrected chi connectivity index (χ0v) is 19.1. The summed E-state index contributed by atoms with van der Waals surface area (Å²) in [5.74, 6) is 0.193. The molecule has 6 heteroatoms. The van der Waals surface area contributed by atoms with Gasteiger partial charge in [0.1, 0.15) is 17.1 Å². The lowest BCUT2D eigenvalue weighted by Gasteiger charge is -2.30. The number of likely N-dealkylation sites (tertiary alicyclic amines) is 1. The molecule has 1 aliphatic rings. The monoisotopic (exact) mass is 455 g/mol. The van der Waals surface area contributed by atoms with E-state index in [4.69, 9.17) is 4.42 Å². The lowest BCUT2D eigenvalue weighted by atomic mass is 9.86. The first-order chi connectivity index (χ1) is 15.0. The van der Waals surface area contributed by atoms with Gasteiger partial charge in [0.2, 0.25) is 0 Å². The predicted octanol–water partition coefficient (Wildman–Crippen LogP) is 5.13. The smallest absolute Gasteiger partial charge is 0.343 e. The molecule has 1 aliphatic heterocycles. The van der Waals surface area contributed by atoms with Gasteiger partial charge < -0.3 is 14.4 Å². The van der Waals surface area contributed by atoms with Crippen LogP contribution in [0.3, 0.4) is 0 Å². The number of carbonyl (C=O) groups excluding carboxylic acids is 1. The summed E-state index contributed by atoms with van der Waals surface area (Å²) < 4.78 is 5.49. The third-order valence-corrected chi connectivity index (χ3v) is 6.39. The van der Waals surface area contributed by atoms with Crippen LogP contribution in [0.5, 0.6) is 5.75 Å². The van der Waals surface area contributed by atoms with Crippen LogP contribution in [-0.4, -0.2) is 35.4 Å². The van der Waals surface area contributed by atoms with E-state index in [2.05, 4.69) is 11.8 Å². The van der Waals surface area contributed by atoms with Crippen molar-refractivity contribution in [2.24, 2.45) is 5.92 Å². The van der Waals surface area contributed by atoms with Crippen LogP contribution in [0.25, 0.3) is 11.0 Å². The number of para-hydroxylation sites is 1. The third kappa shape index (κ3) is 5.40. The molecule has 3 aromatic rings. The largest absolute Gasteiger partial charge is 0.507 e. The first kappa shape index (κ1) is 24.0. The van der Waals surface area contributed by atoms with Crippen molar-refractivity contribution >= 4 is 29.2 Å². The Labute approximate surface area is 194 Å². The standard InChI is InChI=1S/C26H29NO4.ClH/c1-18-11-14-27(15-12-18)16-13-20(28)17-22(19-7-3-2-4-8-19)24-25(29)21-9-5-6-10-23(21)31-26(24)30;/h2-10,18,22,29H,11-17H2,1H3;1H. The number of Topliss-reactive ketones (excluding diaryl/α,β-unsaturated/α-hetero) is 1. The van der Waals surface area contributed by atoms with Gasteiger partial charge in [-0.15, -0.1) is 12.4 Å². The number of nitrogens with zero attached hydrogens (tertiary/aromatic N) is 1.